The Bertz CT molecular complexity index is 1880. The summed E-state index contributed by atoms with van der Waals surface area (Å²) in [5.74, 6) is -0.543. The van der Waals surface area contributed by atoms with E-state index in [-0.39, 0.29) is 34.0 Å². The molecule has 2 aliphatic heterocycles. The average molecular weight is 789 g/mol. The zero-order valence-corrected chi connectivity index (χ0v) is 33.4. The fourth-order valence-electron chi connectivity index (χ4n) is 8.37. The molecule has 2 N–H and O–H groups in total. The summed E-state index contributed by atoms with van der Waals surface area (Å²) in [5, 5.41) is 7.95. The van der Waals surface area contributed by atoms with E-state index in [1.54, 1.807) is 18.2 Å². The van der Waals surface area contributed by atoms with Crippen LogP contribution in [0.2, 0.25) is 10.0 Å². The maximum absolute atomic E-state index is 13.7. The van der Waals surface area contributed by atoms with Crippen LogP contribution in [-0.2, 0) is 23.7 Å². The summed E-state index contributed by atoms with van der Waals surface area (Å²) in [6, 6.07) is 42.4. The van der Waals surface area contributed by atoms with Crippen molar-refractivity contribution >= 4 is 35.0 Å². The first-order valence-corrected chi connectivity index (χ1v) is 20.6. The van der Waals surface area contributed by atoms with Crippen LogP contribution in [0.4, 0.5) is 0 Å². The predicted molar refractivity (Wildman–Crippen MR) is 227 cm³/mol. The van der Waals surface area contributed by atoms with E-state index in [1.807, 2.05) is 36.4 Å². The van der Waals surface area contributed by atoms with Gasteiger partial charge in [0.25, 0.3) is 11.8 Å². The molecule has 56 heavy (non-hydrogen) atoms. The quantitative estimate of drug-likeness (QED) is 0.118. The van der Waals surface area contributed by atoms with Crippen LogP contribution in [-0.4, -0.2) is 79.0 Å². The molecule has 7 rings (SSSR count). The summed E-state index contributed by atoms with van der Waals surface area (Å²) < 4.78 is 0. The van der Waals surface area contributed by atoms with Crippen molar-refractivity contribution in [1.29, 1.82) is 0 Å². The van der Waals surface area contributed by atoms with E-state index in [1.165, 1.54) is 22.3 Å². The van der Waals surface area contributed by atoms with Crippen molar-refractivity contribution in [3.63, 3.8) is 0 Å². The highest BCUT2D eigenvalue weighted by Gasteiger charge is 2.38. The van der Waals surface area contributed by atoms with Crippen LogP contribution in [0.3, 0.4) is 0 Å². The second-order valence-electron chi connectivity index (χ2n) is 15.5. The van der Waals surface area contributed by atoms with Crippen LogP contribution in [0.1, 0.15) is 68.9 Å². The van der Waals surface area contributed by atoms with Gasteiger partial charge in [0.05, 0.1) is 0 Å². The standard InChI is InChI=1S/C47H51Cl2N5O2/c48-40-18-14-36(15-19-40)22-28-53-30-24-46(25-31-53,38-8-3-1-4-9-38)34-50-44(55)42-12-7-13-43(52-42)45(56)51-35-47(39-10-5-2-6-11-39)26-32-54(33-27-47)29-23-37-16-20-41(49)21-17-37/h1-21H,22-35H2,(H,50,55)(H,51,56). The number of hydrogen-bond donors (Lipinski definition) is 2. The number of halogens is 2. The van der Waals surface area contributed by atoms with E-state index < -0.39 is 0 Å². The maximum atomic E-state index is 13.7. The monoisotopic (exact) mass is 787 g/mol. The van der Waals surface area contributed by atoms with Crippen molar-refractivity contribution in [3.8, 4) is 0 Å². The average Bonchev–Trinajstić information content (AvgIpc) is 3.26. The molecule has 5 aromatic rings. The molecule has 4 aromatic carbocycles. The van der Waals surface area contributed by atoms with Gasteiger partial charge in [0.15, 0.2) is 0 Å². The van der Waals surface area contributed by atoms with Crippen LogP contribution in [0.5, 0.6) is 0 Å². The van der Waals surface area contributed by atoms with E-state index in [9.17, 15) is 9.59 Å². The third-order valence-electron chi connectivity index (χ3n) is 12.0. The fraction of sp³-hybridized carbons (Fsp3) is 0.340. The van der Waals surface area contributed by atoms with E-state index >= 15 is 0 Å². The van der Waals surface area contributed by atoms with Crippen molar-refractivity contribution in [2.45, 2.75) is 49.4 Å². The van der Waals surface area contributed by atoms with Gasteiger partial charge in [-0.15, -0.1) is 0 Å². The van der Waals surface area contributed by atoms with Gasteiger partial charge in [-0.25, -0.2) is 4.98 Å². The van der Waals surface area contributed by atoms with Gasteiger partial charge >= 0.3 is 0 Å². The van der Waals surface area contributed by atoms with Crippen molar-refractivity contribution in [2.75, 3.05) is 52.4 Å². The van der Waals surface area contributed by atoms with Crippen LogP contribution < -0.4 is 10.6 Å². The second kappa shape index (κ2) is 18.6. The largest absolute Gasteiger partial charge is 0.350 e. The van der Waals surface area contributed by atoms with E-state index in [2.05, 4.69) is 98.2 Å². The highest BCUT2D eigenvalue weighted by Crippen LogP contribution is 2.36. The molecule has 2 saturated heterocycles. The summed E-state index contributed by atoms with van der Waals surface area (Å²) in [6.07, 6.45) is 5.65. The molecule has 9 heteroatoms. The van der Waals surface area contributed by atoms with E-state index in [0.717, 1.165) is 87.8 Å². The van der Waals surface area contributed by atoms with E-state index in [0.29, 0.717) is 13.1 Å². The number of pyridine rings is 1. The molecule has 2 aliphatic rings. The molecule has 0 unspecified atom stereocenters. The highest BCUT2D eigenvalue weighted by molar-refractivity contribution is 6.30. The summed E-state index contributed by atoms with van der Waals surface area (Å²) >= 11 is 12.2. The molecular weight excluding hydrogens is 737 g/mol. The minimum Gasteiger partial charge on any atom is -0.350 e. The molecule has 290 valence electrons. The summed E-state index contributed by atoms with van der Waals surface area (Å²) in [5.41, 5.74) is 5.13. The molecule has 2 fully saturated rings. The SMILES string of the molecule is O=C(NCC1(c2ccccc2)CCN(CCc2ccc(Cl)cc2)CC1)c1cccc(C(=O)NCC2(c3ccccc3)CCN(CCc3ccc(Cl)cc3)CC2)n1. The Morgan fingerprint density at radius 3 is 1.27 bits per heavy atom. The molecule has 0 spiro atoms. The number of carbonyl (C=O) groups excluding carboxylic acids is 2. The number of rotatable bonds is 14. The van der Waals surface area contributed by atoms with Gasteiger partial charge in [-0.3, -0.25) is 9.59 Å². The minimum atomic E-state index is -0.271. The Morgan fingerprint density at radius 1 is 0.518 bits per heavy atom. The molecule has 0 bridgehead atoms. The zero-order chi connectivity index (χ0) is 38.8. The van der Waals surface area contributed by atoms with Crippen LogP contribution >= 0.6 is 23.2 Å². The molecule has 1 aromatic heterocycles. The number of carbonyl (C=O) groups is 2. The topological polar surface area (TPSA) is 77.6 Å². The minimum absolute atomic E-state index is 0.195. The lowest BCUT2D eigenvalue weighted by Gasteiger charge is -2.42. The van der Waals surface area contributed by atoms with Gasteiger partial charge < -0.3 is 20.4 Å². The lowest BCUT2D eigenvalue weighted by molar-refractivity contribution is 0.0912. The van der Waals surface area contributed by atoms with Crippen LogP contribution in [0.25, 0.3) is 0 Å². The Balaban J connectivity index is 0.955. The lowest BCUT2D eigenvalue weighted by atomic mass is 9.72. The summed E-state index contributed by atoms with van der Waals surface area (Å²) in [7, 11) is 0. The number of likely N-dealkylation sites (tertiary alicyclic amines) is 2. The number of piperidine rings is 2. The molecule has 3 heterocycles. The lowest BCUT2D eigenvalue weighted by Crippen LogP contribution is -2.49. The van der Waals surface area contributed by atoms with Gasteiger partial charge in [0, 0.05) is 47.1 Å². The number of nitrogens with zero attached hydrogens (tertiary/aromatic N) is 3. The van der Waals surface area contributed by atoms with Crippen LogP contribution in [0.15, 0.2) is 127 Å². The summed E-state index contributed by atoms with van der Waals surface area (Å²) in [6.45, 7) is 6.72. The third-order valence-corrected chi connectivity index (χ3v) is 12.6. The normalized spacial score (nSPS) is 16.9. The van der Waals surface area contributed by atoms with Gasteiger partial charge in [0.2, 0.25) is 0 Å². The first-order valence-electron chi connectivity index (χ1n) is 19.9. The Kier molecular flexibility index (Phi) is 13.2. The second-order valence-corrected chi connectivity index (χ2v) is 16.4. The Labute approximate surface area is 341 Å². The van der Waals surface area contributed by atoms with E-state index in [4.69, 9.17) is 23.2 Å². The predicted octanol–water partition coefficient (Wildman–Crippen LogP) is 8.40. The molecular formula is C47H51Cl2N5O2. The molecule has 0 radical (unpaired) electrons. The zero-order valence-electron chi connectivity index (χ0n) is 31.9. The van der Waals surface area contributed by atoms with Crippen molar-refractivity contribution in [1.82, 2.24) is 25.4 Å². The number of benzene rings is 4. The first-order chi connectivity index (χ1) is 27.3. The number of amides is 2. The fourth-order valence-corrected chi connectivity index (χ4v) is 8.62. The Hall–Kier alpha value is -4.53. The molecule has 2 amide bonds. The summed E-state index contributed by atoms with van der Waals surface area (Å²) in [4.78, 5) is 37.0. The van der Waals surface area contributed by atoms with Gasteiger partial charge in [0.1, 0.15) is 11.4 Å². The highest BCUT2D eigenvalue weighted by atomic mass is 35.5. The van der Waals surface area contributed by atoms with Crippen molar-refractivity contribution in [3.05, 3.63) is 171 Å². The molecule has 0 aliphatic carbocycles. The molecule has 0 saturated carbocycles. The van der Waals surface area contributed by atoms with Gasteiger partial charge in [-0.1, -0.05) is 114 Å². The molecule has 0 atom stereocenters. The van der Waals surface area contributed by atoms with Crippen molar-refractivity contribution in [2.24, 2.45) is 0 Å². The van der Waals surface area contributed by atoms with Gasteiger partial charge in [-0.2, -0.15) is 0 Å². The number of aromatic nitrogens is 1. The third kappa shape index (κ3) is 10.1. The maximum Gasteiger partial charge on any atom is 0.269 e. The Morgan fingerprint density at radius 2 is 0.893 bits per heavy atom. The first kappa shape index (κ1) is 39.7. The number of hydrogen-bond acceptors (Lipinski definition) is 5. The van der Waals surface area contributed by atoms with Crippen molar-refractivity contribution < 1.29 is 9.59 Å². The smallest absolute Gasteiger partial charge is 0.269 e. The number of nitrogens with one attached hydrogen (secondary N) is 2. The van der Waals surface area contributed by atoms with Gasteiger partial charge in [-0.05, 0) is 123 Å². The van der Waals surface area contributed by atoms with Crippen LogP contribution in [0, 0.1) is 0 Å². The molecule has 7 nitrogen and oxygen atoms in total.